The number of fused-ring (bicyclic) bond motifs is 2. The van der Waals surface area contributed by atoms with Crippen LogP contribution in [0.5, 0.6) is 0 Å². The van der Waals surface area contributed by atoms with Crippen molar-refractivity contribution in [2.45, 2.75) is 42.6 Å². The third-order valence-corrected chi connectivity index (χ3v) is 6.89. The standard InChI is InChI=1S/C16H17NO2S/c17-9-8-12-4-6-13(7-5-12)14-10-15-2-1-3-16(11-14)20(15,18)19/h4-7,10,15-16H,1-3,8,11H2. The second-order valence-electron chi connectivity index (χ2n) is 5.61. The Balaban J connectivity index is 1.92. The summed E-state index contributed by atoms with van der Waals surface area (Å²) in [6, 6.07) is 10.1. The summed E-state index contributed by atoms with van der Waals surface area (Å²) in [6.07, 6.45) is 5.57. The first-order valence-corrected chi connectivity index (χ1v) is 8.62. The lowest BCUT2D eigenvalue weighted by molar-refractivity contribution is 0.518. The largest absolute Gasteiger partial charge is 0.228 e. The highest BCUT2D eigenvalue weighted by Crippen LogP contribution is 2.39. The van der Waals surface area contributed by atoms with E-state index in [-0.39, 0.29) is 10.5 Å². The van der Waals surface area contributed by atoms with E-state index in [1.165, 1.54) is 0 Å². The van der Waals surface area contributed by atoms with Crippen molar-refractivity contribution in [3.05, 3.63) is 41.5 Å². The summed E-state index contributed by atoms with van der Waals surface area (Å²) >= 11 is 0. The van der Waals surface area contributed by atoms with E-state index in [2.05, 4.69) is 6.07 Å². The molecule has 3 rings (SSSR count). The van der Waals surface area contributed by atoms with E-state index in [4.69, 9.17) is 5.26 Å². The highest BCUT2D eigenvalue weighted by Gasteiger charge is 2.40. The molecule has 0 aromatic heterocycles. The second kappa shape index (κ2) is 5.06. The Hall–Kier alpha value is -1.60. The molecule has 2 bridgehead atoms. The van der Waals surface area contributed by atoms with Gasteiger partial charge in [0, 0.05) is 0 Å². The molecule has 4 heteroatoms. The second-order valence-corrected chi connectivity index (χ2v) is 8.06. The first-order valence-electron chi connectivity index (χ1n) is 7.01. The molecule has 20 heavy (non-hydrogen) atoms. The van der Waals surface area contributed by atoms with Gasteiger partial charge in [-0.05, 0) is 36.0 Å². The molecule has 2 heterocycles. The van der Waals surface area contributed by atoms with Crippen LogP contribution in [0.2, 0.25) is 0 Å². The summed E-state index contributed by atoms with van der Waals surface area (Å²) < 4.78 is 24.5. The molecule has 1 aromatic carbocycles. The zero-order chi connectivity index (χ0) is 14.2. The average Bonchev–Trinajstić information content (AvgIpc) is 2.39. The minimum absolute atomic E-state index is 0.194. The Morgan fingerprint density at radius 2 is 1.95 bits per heavy atom. The molecule has 2 unspecified atom stereocenters. The lowest BCUT2D eigenvalue weighted by atomic mass is 9.93. The molecule has 0 amide bonds. The fourth-order valence-electron chi connectivity index (χ4n) is 3.20. The molecule has 0 aliphatic carbocycles. The van der Waals surface area contributed by atoms with Crippen molar-refractivity contribution in [3.8, 4) is 6.07 Å². The minimum Gasteiger partial charge on any atom is -0.228 e. The van der Waals surface area contributed by atoms with Gasteiger partial charge >= 0.3 is 0 Å². The van der Waals surface area contributed by atoms with Crippen LogP contribution in [-0.4, -0.2) is 18.9 Å². The van der Waals surface area contributed by atoms with E-state index in [9.17, 15) is 8.42 Å². The van der Waals surface area contributed by atoms with Crippen LogP contribution in [0.1, 0.15) is 36.8 Å². The maximum Gasteiger partial charge on any atom is 0.159 e. The predicted molar refractivity (Wildman–Crippen MR) is 78.7 cm³/mol. The summed E-state index contributed by atoms with van der Waals surface area (Å²) in [5, 5.41) is 8.19. The fourth-order valence-corrected chi connectivity index (χ4v) is 5.45. The molecule has 1 saturated heterocycles. The molecular weight excluding hydrogens is 270 g/mol. The summed E-state index contributed by atoms with van der Waals surface area (Å²) in [4.78, 5) is 0. The van der Waals surface area contributed by atoms with Crippen molar-refractivity contribution in [1.29, 1.82) is 5.26 Å². The first kappa shape index (κ1) is 13.4. The van der Waals surface area contributed by atoms with Crippen molar-refractivity contribution in [3.63, 3.8) is 0 Å². The molecule has 0 N–H and O–H groups in total. The van der Waals surface area contributed by atoms with Gasteiger partial charge in [-0.15, -0.1) is 0 Å². The highest BCUT2D eigenvalue weighted by molar-refractivity contribution is 7.93. The van der Waals surface area contributed by atoms with Crippen molar-refractivity contribution >= 4 is 15.4 Å². The summed E-state index contributed by atoms with van der Waals surface area (Å²) in [6.45, 7) is 0. The molecule has 0 radical (unpaired) electrons. The quantitative estimate of drug-likeness (QED) is 0.840. The van der Waals surface area contributed by atoms with E-state index >= 15 is 0 Å². The SMILES string of the molecule is N#CCc1ccc(C2=CC3CCCC(C2)S3(=O)=O)cc1. The van der Waals surface area contributed by atoms with Gasteiger partial charge in [0.05, 0.1) is 23.0 Å². The molecule has 2 aliphatic rings. The molecule has 1 fully saturated rings. The van der Waals surface area contributed by atoms with Crippen LogP contribution in [0, 0.1) is 11.3 Å². The van der Waals surface area contributed by atoms with E-state index in [0.717, 1.165) is 36.0 Å². The molecule has 2 atom stereocenters. The lowest BCUT2D eigenvalue weighted by Gasteiger charge is -2.33. The van der Waals surface area contributed by atoms with Gasteiger partial charge in [0.1, 0.15) is 0 Å². The van der Waals surface area contributed by atoms with Crippen LogP contribution >= 0.6 is 0 Å². The number of sulfone groups is 1. The lowest BCUT2D eigenvalue weighted by Crippen LogP contribution is -2.38. The van der Waals surface area contributed by atoms with Gasteiger partial charge in [-0.1, -0.05) is 36.8 Å². The molecule has 0 saturated carbocycles. The van der Waals surface area contributed by atoms with Crippen molar-refractivity contribution in [2.75, 3.05) is 0 Å². The fraction of sp³-hybridized carbons (Fsp3) is 0.438. The van der Waals surface area contributed by atoms with Crippen LogP contribution in [0.25, 0.3) is 5.57 Å². The molecule has 0 spiro atoms. The van der Waals surface area contributed by atoms with Gasteiger partial charge in [0.15, 0.2) is 9.84 Å². The third kappa shape index (κ3) is 2.27. The maximum atomic E-state index is 12.2. The minimum atomic E-state index is -2.94. The first-order chi connectivity index (χ1) is 9.61. The number of benzene rings is 1. The molecule has 3 nitrogen and oxygen atoms in total. The van der Waals surface area contributed by atoms with Gasteiger partial charge in [0.2, 0.25) is 0 Å². The molecule has 104 valence electrons. The topological polar surface area (TPSA) is 57.9 Å². The van der Waals surface area contributed by atoms with Gasteiger partial charge in [-0.25, -0.2) is 8.42 Å². The smallest absolute Gasteiger partial charge is 0.159 e. The third-order valence-electron chi connectivity index (χ3n) is 4.34. The number of hydrogen-bond donors (Lipinski definition) is 0. The average molecular weight is 287 g/mol. The van der Waals surface area contributed by atoms with E-state index < -0.39 is 9.84 Å². The Labute approximate surface area is 119 Å². The number of allylic oxidation sites excluding steroid dienone is 1. The van der Waals surface area contributed by atoms with Crippen molar-refractivity contribution in [2.24, 2.45) is 0 Å². The number of nitriles is 1. The molecule has 1 aromatic rings. The normalized spacial score (nSPS) is 27.4. The van der Waals surface area contributed by atoms with E-state index in [1.54, 1.807) is 0 Å². The Morgan fingerprint density at radius 1 is 1.20 bits per heavy atom. The van der Waals surface area contributed by atoms with Crippen molar-refractivity contribution in [1.82, 2.24) is 0 Å². The van der Waals surface area contributed by atoms with Crippen LogP contribution in [-0.2, 0) is 16.3 Å². The maximum absolute atomic E-state index is 12.2. The van der Waals surface area contributed by atoms with Crippen LogP contribution in [0.3, 0.4) is 0 Å². The van der Waals surface area contributed by atoms with Crippen LogP contribution in [0.4, 0.5) is 0 Å². The van der Waals surface area contributed by atoms with Gasteiger partial charge in [-0.3, -0.25) is 0 Å². The zero-order valence-electron chi connectivity index (χ0n) is 11.2. The van der Waals surface area contributed by atoms with Gasteiger partial charge in [-0.2, -0.15) is 5.26 Å². The molecule has 2 aliphatic heterocycles. The van der Waals surface area contributed by atoms with E-state index in [1.807, 2.05) is 30.3 Å². The summed E-state index contributed by atoms with van der Waals surface area (Å²) in [7, 11) is -2.94. The molecular formula is C16H17NO2S. The van der Waals surface area contributed by atoms with Gasteiger partial charge < -0.3 is 0 Å². The highest BCUT2D eigenvalue weighted by atomic mass is 32.2. The Morgan fingerprint density at radius 3 is 2.60 bits per heavy atom. The number of nitrogens with zero attached hydrogens (tertiary/aromatic N) is 1. The summed E-state index contributed by atoms with van der Waals surface area (Å²) in [5.74, 6) is 0. The van der Waals surface area contributed by atoms with Crippen LogP contribution in [0.15, 0.2) is 30.3 Å². The Kier molecular flexibility index (Phi) is 3.39. The van der Waals surface area contributed by atoms with Gasteiger partial charge in [0.25, 0.3) is 0 Å². The van der Waals surface area contributed by atoms with E-state index in [0.29, 0.717) is 12.8 Å². The van der Waals surface area contributed by atoms with Crippen LogP contribution < -0.4 is 0 Å². The number of rotatable bonds is 2. The van der Waals surface area contributed by atoms with Crippen molar-refractivity contribution < 1.29 is 8.42 Å². The summed E-state index contributed by atoms with van der Waals surface area (Å²) in [5.41, 5.74) is 3.25. The number of hydrogen-bond acceptors (Lipinski definition) is 3. The zero-order valence-corrected chi connectivity index (χ0v) is 12.1. The monoisotopic (exact) mass is 287 g/mol. The Bertz CT molecular complexity index is 680. The predicted octanol–water partition coefficient (Wildman–Crippen LogP) is 2.88.